The summed E-state index contributed by atoms with van der Waals surface area (Å²) >= 11 is 10.4. The third-order valence-electron chi connectivity index (χ3n) is 8.67. The van der Waals surface area contributed by atoms with Gasteiger partial charge in [-0.15, -0.1) is 10.2 Å². The maximum atomic E-state index is 11.8. The number of nitrogens with zero attached hydrogens (tertiary/aromatic N) is 9. The van der Waals surface area contributed by atoms with Gasteiger partial charge >= 0.3 is 0 Å². The van der Waals surface area contributed by atoms with Gasteiger partial charge in [-0.25, -0.2) is 5.84 Å². The predicted molar refractivity (Wildman–Crippen MR) is 199 cm³/mol. The van der Waals surface area contributed by atoms with Gasteiger partial charge < -0.3 is 30.0 Å². The standard InChI is InChI=1S/C17H18N6S.C11H6N2O.C6H14N4S/c1-22-8-10-23(11-9-22)17(24)21-20-16-14-12(4-2-6-18-14)13-5-3-7-19-15(13)16;14-11-9-7(3-1-5-12-9)8-4-2-6-13-10(8)11;1-9-2-4-10(5-3-9)6(11)8-7/h2-7,18H,8-11H2,1H3;1-6H;2-5,7H2,1H3,(H,8,11). The highest BCUT2D eigenvalue weighted by Crippen LogP contribution is 2.42. The Morgan fingerprint density at radius 1 is 0.776 bits per heavy atom. The molecule has 252 valence electrons. The van der Waals surface area contributed by atoms with Crippen molar-refractivity contribution < 1.29 is 4.79 Å². The minimum Gasteiger partial charge on any atom is -0.359 e. The zero-order chi connectivity index (χ0) is 34.3. The predicted octanol–water partition coefficient (Wildman–Crippen LogP) is 3.95. The van der Waals surface area contributed by atoms with Crippen molar-refractivity contribution in [2.75, 3.05) is 66.5 Å². The number of carbonyl (C=O) groups is 1. The van der Waals surface area contributed by atoms with Gasteiger partial charge in [0.2, 0.25) is 10.9 Å². The van der Waals surface area contributed by atoms with Gasteiger partial charge in [-0.3, -0.25) is 19.7 Å². The first-order valence-corrected chi connectivity index (χ1v) is 16.8. The SMILES string of the molecule is CN1CCN(C(=S)N=Nc2c3[nH]cccc-3c3cccnc23)CC1.CN1CCN(C(=S)NN)CC1.O=C1c2ncccc2-c2cccnc21. The number of likely N-dealkylation sites (N-methyl/N-ethyl adjacent to an activating group) is 2. The van der Waals surface area contributed by atoms with Crippen LogP contribution in [0.1, 0.15) is 16.2 Å². The van der Waals surface area contributed by atoms with Crippen LogP contribution >= 0.6 is 24.4 Å². The van der Waals surface area contributed by atoms with Crippen LogP contribution < -0.4 is 11.3 Å². The lowest BCUT2D eigenvalue weighted by atomic mass is 10.1. The van der Waals surface area contributed by atoms with Gasteiger partial charge in [0.1, 0.15) is 22.6 Å². The lowest BCUT2D eigenvalue weighted by molar-refractivity contribution is 0.103. The zero-order valence-corrected chi connectivity index (χ0v) is 29.0. The molecule has 0 radical (unpaired) electrons. The van der Waals surface area contributed by atoms with Crippen molar-refractivity contribution >= 4 is 57.0 Å². The molecule has 2 fully saturated rings. The summed E-state index contributed by atoms with van der Waals surface area (Å²) in [6.07, 6.45) is 6.92. The Bertz CT molecular complexity index is 1900. The van der Waals surface area contributed by atoms with Gasteiger partial charge in [0.15, 0.2) is 5.11 Å². The molecule has 3 aliphatic heterocycles. The number of ketones is 1. The quantitative estimate of drug-likeness (QED) is 0.0991. The highest BCUT2D eigenvalue weighted by atomic mass is 32.1. The van der Waals surface area contributed by atoms with E-state index in [1.807, 2.05) is 42.6 Å². The Hall–Kier alpha value is -4.80. The summed E-state index contributed by atoms with van der Waals surface area (Å²) in [6, 6.07) is 15.5. The lowest BCUT2D eigenvalue weighted by Gasteiger charge is -2.33. The van der Waals surface area contributed by atoms with Crippen LogP contribution in [0.25, 0.3) is 33.3 Å². The molecule has 3 aromatic rings. The summed E-state index contributed by atoms with van der Waals surface area (Å²) in [5, 5.41) is 11.0. The van der Waals surface area contributed by atoms with Crippen molar-refractivity contribution in [3.05, 3.63) is 84.7 Å². The molecule has 4 N–H and O–H groups in total. The van der Waals surface area contributed by atoms with Gasteiger partial charge in [-0.2, -0.15) is 0 Å². The maximum Gasteiger partial charge on any atom is 0.230 e. The van der Waals surface area contributed by atoms with E-state index in [0.29, 0.717) is 21.6 Å². The van der Waals surface area contributed by atoms with E-state index in [9.17, 15) is 4.79 Å². The minimum atomic E-state index is -0.0730. The molecule has 13 nitrogen and oxygen atoms in total. The number of H-pyrrole nitrogens is 1. The first kappa shape index (κ1) is 34.1. The third kappa shape index (κ3) is 7.60. The largest absolute Gasteiger partial charge is 0.359 e. The second-order valence-corrected chi connectivity index (χ2v) is 12.6. The van der Waals surface area contributed by atoms with E-state index < -0.39 is 0 Å². The van der Waals surface area contributed by atoms with Crippen LogP contribution in [0.15, 0.2) is 83.5 Å². The Morgan fingerprint density at radius 3 is 1.94 bits per heavy atom. The fraction of sp³-hybridized carbons (Fsp3) is 0.294. The van der Waals surface area contributed by atoms with Crippen LogP contribution in [0.5, 0.6) is 0 Å². The van der Waals surface area contributed by atoms with Crippen molar-refractivity contribution in [2.45, 2.75) is 0 Å². The number of hydrazine groups is 1. The highest BCUT2D eigenvalue weighted by Gasteiger charge is 2.28. The monoisotopic (exact) mass is 694 g/mol. The van der Waals surface area contributed by atoms with E-state index in [1.165, 1.54) is 0 Å². The Labute approximate surface area is 295 Å². The van der Waals surface area contributed by atoms with Gasteiger partial charge in [-0.05, 0) is 62.8 Å². The number of hydrogen-bond donors (Lipinski definition) is 3. The van der Waals surface area contributed by atoms with Gasteiger partial charge in [-0.1, -0.05) is 24.3 Å². The first-order chi connectivity index (χ1) is 23.9. The molecule has 2 aliphatic carbocycles. The van der Waals surface area contributed by atoms with Gasteiger partial charge in [0, 0.05) is 99.2 Å². The number of azo groups is 1. The lowest BCUT2D eigenvalue weighted by Crippen LogP contribution is -2.51. The van der Waals surface area contributed by atoms with Crippen LogP contribution in [-0.4, -0.2) is 122 Å². The molecule has 15 heteroatoms. The third-order valence-corrected chi connectivity index (χ3v) is 9.39. The maximum absolute atomic E-state index is 11.8. The van der Waals surface area contributed by atoms with E-state index in [4.69, 9.17) is 30.3 Å². The number of rotatable bonds is 1. The summed E-state index contributed by atoms with van der Waals surface area (Å²) in [5.74, 6) is 5.12. The number of nitrogens with two attached hydrogens (primary N) is 1. The number of fused-ring (bicyclic) bond motifs is 6. The average Bonchev–Trinajstić information content (AvgIpc) is 3.63. The second kappa shape index (κ2) is 15.6. The van der Waals surface area contributed by atoms with Crippen LogP contribution in [0.2, 0.25) is 0 Å². The number of pyridine rings is 4. The molecule has 0 atom stereocenters. The molecule has 0 unspecified atom stereocenters. The molecule has 5 aliphatic rings. The van der Waals surface area contributed by atoms with Crippen LogP contribution in [0.3, 0.4) is 0 Å². The van der Waals surface area contributed by atoms with Gasteiger partial charge in [0.25, 0.3) is 0 Å². The van der Waals surface area contributed by atoms with E-state index in [1.54, 1.807) is 18.6 Å². The normalized spacial score (nSPS) is 16.1. The Balaban J connectivity index is 0.000000141. The van der Waals surface area contributed by atoms with E-state index in [0.717, 1.165) is 91.3 Å². The summed E-state index contributed by atoms with van der Waals surface area (Å²) < 4.78 is 0. The number of aromatic amines is 1. The van der Waals surface area contributed by atoms with Gasteiger partial charge in [0.05, 0.1) is 5.69 Å². The summed E-state index contributed by atoms with van der Waals surface area (Å²) in [5.41, 5.74) is 8.93. The molecule has 2 saturated heterocycles. The number of nitrogens with one attached hydrogen (secondary N) is 2. The van der Waals surface area contributed by atoms with Crippen molar-refractivity contribution in [3.63, 3.8) is 0 Å². The summed E-state index contributed by atoms with van der Waals surface area (Å²) in [6.45, 7) is 7.83. The smallest absolute Gasteiger partial charge is 0.230 e. The van der Waals surface area contributed by atoms with Crippen molar-refractivity contribution in [2.24, 2.45) is 16.1 Å². The number of carbonyl (C=O) groups excluding carboxylic acids is 1. The molecule has 0 bridgehead atoms. The molecule has 49 heavy (non-hydrogen) atoms. The zero-order valence-electron chi connectivity index (χ0n) is 27.4. The number of aromatic nitrogens is 4. The molecule has 3 aromatic heterocycles. The topological polar surface area (TPSA) is 147 Å². The van der Waals surface area contributed by atoms with Crippen molar-refractivity contribution in [3.8, 4) is 22.4 Å². The average molecular weight is 695 g/mol. The summed E-state index contributed by atoms with van der Waals surface area (Å²) in [7, 11) is 4.22. The van der Waals surface area contributed by atoms with Crippen molar-refractivity contribution in [1.82, 2.24) is 45.0 Å². The highest BCUT2D eigenvalue weighted by molar-refractivity contribution is 7.80. The summed E-state index contributed by atoms with van der Waals surface area (Å²) in [4.78, 5) is 36.4. The Morgan fingerprint density at radius 2 is 1.33 bits per heavy atom. The molecule has 0 aromatic carbocycles. The molecule has 0 saturated carbocycles. The van der Waals surface area contributed by atoms with E-state index >= 15 is 0 Å². The van der Waals surface area contributed by atoms with E-state index in [2.05, 4.69) is 81.4 Å². The van der Waals surface area contributed by atoms with Crippen LogP contribution in [-0.2, 0) is 0 Å². The molecular formula is C34H38N12OS2. The molecule has 6 heterocycles. The fourth-order valence-corrected chi connectivity index (χ4v) is 6.26. The number of thiocarbonyl (C=S) groups is 2. The molecule has 0 amide bonds. The molecule has 8 rings (SSSR count). The van der Waals surface area contributed by atoms with Crippen molar-refractivity contribution in [1.29, 1.82) is 0 Å². The molecule has 0 spiro atoms. The van der Waals surface area contributed by atoms with E-state index in [-0.39, 0.29) is 5.78 Å². The second-order valence-electron chi connectivity index (χ2n) is 11.8. The van der Waals surface area contributed by atoms with Crippen LogP contribution in [0.4, 0.5) is 5.69 Å². The Kier molecular flexibility index (Phi) is 10.9. The number of hydrogen-bond acceptors (Lipinski definition) is 10. The number of piperazine rings is 2. The first-order valence-electron chi connectivity index (χ1n) is 16.0. The minimum absolute atomic E-state index is 0.0730. The fourth-order valence-electron chi connectivity index (χ4n) is 5.86. The van der Waals surface area contributed by atoms with Crippen LogP contribution in [0, 0.1) is 0 Å². The molecular weight excluding hydrogens is 657 g/mol.